The Bertz CT molecular complexity index is 1520. The third-order valence-corrected chi connectivity index (χ3v) is 7.96. The van der Waals surface area contributed by atoms with Gasteiger partial charge in [0.05, 0.1) is 17.7 Å². The molecule has 1 aromatic heterocycles. The van der Waals surface area contributed by atoms with Gasteiger partial charge in [0, 0.05) is 17.5 Å². The molecule has 2 heteroatoms. The Balaban J connectivity index is 1.73. The molecule has 0 spiro atoms. The zero-order valence-corrected chi connectivity index (χ0v) is 23.3. The Kier molecular flexibility index (Phi) is 7.16. The van der Waals surface area contributed by atoms with Crippen molar-refractivity contribution in [3.8, 4) is 5.69 Å². The zero-order valence-electron chi connectivity index (χ0n) is 23.3. The first-order chi connectivity index (χ1) is 19.6. The molecular weight excluding hydrogens is 484 g/mol. The van der Waals surface area contributed by atoms with E-state index in [1.807, 2.05) is 6.33 Å². The van der Waals surface area contributed by atoms with Crippen LogP contribution in [0.4, 0.5) is 0 Å². The maximum Gasteiger partial charge on any atom is 0.0997 e. The van der Waals surface area contributed by atoms with Crippen LogP contribution < -0.4 is 0 Å². The lowest BCUT2D eigenvalue weighted by atomic mass is 9.78. The minimum absolute atomic E-state index is 0.0605. The summed E-state index contributed by atoms with van der Waals surface area (Å²) in [6.07, 6.45) is 2.00. The van der Waals surface area contributed by atoms with E-state index in [9.17, 15) is 0 Å². The van der Waals surface area contributed by atoms with Gasteiger partial charge in [0.15, 0.2) is 0 Å². The van der Waals surface area contributed by atoms with E-state index in [2.05, 4.69) is 159 Å². The molecule has 0 aliphatic heterocycles. The Morgan fingerprint density at radius 3 is 1.15 bits per heavy atom. The van der Waals surface area contributed by atoms with Gasteiger partial charge in [-0.05, 0) is 54.2 Å². The lowest BCUT2D eigenvalue weighted by molar-refractivity contribution is 0.870. The molecule has 0 unspecified atom stereocenters. The molecule has 1 heterocycles. The van der Waals surface area contributed by atoms with Gasteiger partial charge in [-0.15, -0.1) is 0 Å². The number of benzene rings is 5. The van der Waals surface area contributed by atoms with E-state index in [0.29, 0.717) is 0 Å². The molecule has 0 amide bonds. The van der Waals surface area contributed by atoms with Gasteiger partial charge in [-0.1, -0.05) is 139 Å². The number of nitrogens with zero attached hydrogens (tertiary/aromatic N) is 2. The van der Waals surface area contributed by atoms with Gasteiger partial charge in [-0.2, -0.15) is 0 Å². The minimum atomic E-state index is 0.0605. The standard InChI is InChI=1S/C38H34N2/c1-27-24-34(36(30-16-8-4-9-17-30)31-18-10-5-11-19-31)38(40-26-39-28(2)29(40)3)35(25-27)37(32-20-12-6-13-21-32)33-22-14-7-15-23-33/h4-26,36-37H,1-3H3. The fourth-order valence-corrected chi connectivity index (χ4v) is 5.96. The fraction of sp³-hybridized carbons (Fsp3) is 0.132. The molecule has 0 atom stereocenters. The number of aryl methyl sites for hydroxylation is 2. The molecule has 0 saturated heterocycles. The van der Waals surface area contributed by atoms with Gasteiger partial charge >= 0.3 is 0 Å². The molecule has 196 valence electrons. The average Bonchev–Trinajstić information content (AvgIpc) is 3.33. The van der Waals surface area contributed by atoms with Crippen LogP contribution in [0.25, 0.3) is 5.69 Å². The van der Waals surface area contributed by atoms with Crippen LogP contribution in [0, 0.1) is 20.8 Å². The smallest absolute Gasteiger partial charge is 0.0997 e. The second-order valence-corrected chi connectivity index (χ2v) is 10.6. The summed E-state index contributed by atoms with van der Waals surface area (Å²) in [6, 6.07) is 48.3. The first kappa shape index (κ1) is 25.6. The van der Waals surface area contributed by atoms with Gasteiger partial charge in [0.2, 0.25) is 0 Å². The molecular formula is C38H34N2. The highest BCUT2D eigenvalue weighted by Crippen LogP contribution is 2.43. The van der Waals surface area contributed by atoms with Crippen molar-refractivity contribution in [2.45, 2.75) is 32.6 Å². The van der Waals surface area contributed by atoms with E-state index < -0.39 is 0 Å². The highest BCUT2D eigenvalue weighted by atomic mass is 15.1. The monoisotopic (exact) mass is 518 g/mol. The maximum absolute atomic E-state index is 4.77. The van der Waals surface area contributed by atoms with Crippen molar-refractivity contribution in [2.24, 2.45) is 0 Å². The first-order valence-corrected chi connectivity index (χ1v) is 14.0. The molecule has 0 aliphatic carbocycles. The maximum atomic E-state index is 4.77. The molecule has 0 radical (unpaired) electrons. The molecule has 40 heavy (non-hydrogen) atoms. The lowest BCUT2D eigenvalue weighted by Gasteiger charge is -2.29. The Morgan fingerprint density at radius 1 is 0.500 bits per heavy atom. The third-order valence-electron chi connectivity index (χ3n) is 7.96. The number of imidazole rings is 1. The van der Waals surface area contributed by atoms with Crippen LogP contribution in [0.1, 0.15) is 62.2 Å². The van der Waals surface area contributed by atoms with Crippen molar-refractivity contribution in [3.63, 3.8) is 0 Å². The van der Waals surface area contributed by atoms with Crippen LogP contribution >= 0.6 is 0 Å². The van der Waals surface area contributed by atoms with Crippen molar-refractivity contribution >= 4 is 0 Å². The van der Waals surface area contributed by atoms with Crippen LogP contribution in [0.15, 0.2) is 140 Å². The molecule has 5 aromatic carbocycles. The quantitative estimate of drug-likeness (QED) is 0.193. The van der Waals surface area contributed by atoms with E-state index in [4.69, 9.17) is 4.98 Å². The van der Waals surface area contributed by atoms with Crippen molar-refractivity contribution in [3.05, 3.63) is 190 Å². The summed E-state index contributed by atoms with van der Waals surface area (Å²) in [5, 5.41) is 0. The van der Waals surface area contributed by atoms with Crippen molar-refractivity contribution in [2.75, 3.05) is 0 Å². The molecule has 6 aromatic rings. The predicted octanol–water partition coefficient (Wildman–Crippen LogP) is 9.16. The fourth-order valence-electron chi connectivity index (χ4n) is 5.96. The molecule has 0 bridgehead atoms. The molecule has 6 rings (SSSR count). The van der Waals surface area contributed by atoms with Crippen LogP contribution in [0.5, 0.6) is 0 Å². The number of hydrogen-bond donors (Lipinski definition) is 0. The highest BCUT2D eigenvalue weighted by molar-refractivity contribution is 5.63. The predicted molar refractivity (Wildman–Crippen MR) is 165 cm³/mol. The molecule has 0 fully saturated rings. The van der Waals surface area contributed by atoms with Crippen molar-refractivity contribution in [1.29, 1.82) is 0 Å². The second kappa shape index (κ2) is 11.2. The van der Waals surface area contributed by atoms with Crippen LogP contribution in [-0.2, 0) is 0 Å². The zero-order chi connectivity index (χ0) is 27.5. The Hall–Kier alpha value is -4.69. The summed E-state index contributed by atoms with van der Waals surface area (Å²) in [4.78, 5) is 4.77. The summed E-state index contributed by atoms with van der Waals surface area (Å²) < 4.78 is 2.32. The summed E-state index contributed by atoms with van der Waals surface area (Å²) in [5.41, 5.74) is 12.3. The Morgan fingerprint density at radius 2 is 0.850 bits per heavy atom. The topological polar surface area (TPSA) is 17.8 Å². The molecule has 2 nitrogen and oxygen atoms in total. The van der Waals surface area contributed by atoms with E-state index in [0.717, 1.165) is 11.4 Å². The summed E-state index contributed by atoms with van der Waals surface area (Å²) >= 11 is 0. The van der Waals surface area contributed by atoms with Gasteiger partial charge in [0.1, 0.15) is 0 Å². The lowest BCUT2D eigenvalue weighted by Crippen LogP contribution is -2.15. The largest absolute Gasteiger partial charge is 0.303 e. The minimum Gasteiger partial charge on any atom is -0.303 e. The van der Waals surface area contributed by atoms with Gasteiger partial charge in [-0.25, -0.2) is 4.98 Å². The molecule has 0 N–H and O–H groups in total. The van der Waals surface area contributed by atoms with Crippen molar-refractivity contribution < 1.29 is 0 Å². The summed E-state index contributed by atoms with van der Waals surface area (Å²) in [5.74, 6) is 0.121. The van der Waals surface area contributed by atoms with Crippen molar-refractivity contribution in [1.82, 2.24) is 9.55 Å². The van der Waals surface area contributed by atoms with E-state index in [1.165, 1.54) is 44.6 Å². The first-order valence-electron chi connectivity index (χ1n) is 14.0. The Labute approximate surface area is 237 Å². The number of hydrogen-bond acceptors (Lipinski definition) is 1. The average molecular weight is 519 g/mol. The SMILES string of the molecule is Cc1cc(C(c2ccccc2)c2ccccc2)c(-n2cnc(C)c2C)c(C(c2ccccc2)c2ccccc2)c1. The van der Waals surface area contributed by atoms with Crippen LogP contribution in [0.2, 0.25) is 0 Å². The van der Waals surface area contributed by atoms with Gasteiger partial charge < -0.3 is 4.57 Å². The van der Waals surface area contributed by atoms with E-state index in [-0.39, 0.29) is 11.8 Å². The summed E-state index contributed by atoms with van der Waals surface area (Å²) in [6.45, 7) is 6.50. The van der Waals surface area contributed by atoms with Crippen LogP contribution in [0.3, 0.4) is 0 Å². The number of aromatic nitrogens is 2. The van der Waals surface area contributed by atoms with E-state index >= 15 is 0 Å². The summed E-state index contributed by atoms with van der Waals surface area (Å²) in [7, 11) is 0. The van der Waals surface area contributed by atoms with Gasteiger partial charge in [-0.3, -0.25) is 0 Å². The molecule has 0 saturated carbocycles. The second-order valence-electron chi connectivity index (χ2n) is 10.6. The van der Waals surface area contributed by atoms with E-state index in [1.54, 1.807) is 0 Å². The number of rotatable bonds is 7. The third kappa shape index (κ3) is 4.89. The highest BCUT2D eigenvalue weighted by Gasteiger charge is 2.28. The normalized spacial score (nSPS) is 11.3. The van der Waals surface area contributed by atoms with Crippen LogP contribution in [-0.4, -0.2) is 9.55 Å². The van der Waals surface area contributed by atoms with Gasteiger partial charge in [0.25, 0.3) is 0 Å². The molecule has 0 aliphatic rings.